The molecule has 4 heterocycles. The Morgan fingerprint density at radius 2 is 1.80 bits per heavy atom. The molecule has 0 atom stereocenters. The molecular weight excluding hydrogens is 663 g/mol. The minimum Gasteiger partial charge on any atom is -0.504 e. The Kier molecular flexibility index (Phi) is 7.74. The van der Waals surface area contributed by atoms with Gasteiger partial charge in [0.2, 0.25) is 16.4 Å². The molecule has 0 unspecified atom stereocenters. The monoisotopic (exact) mass is 689 g/mol. The van der Waals surface area contributed by atoms with Crippen LogP contribution in [0.3, 0.4) is 0 Å². The van der Waals surface area contributed by atoms with Gasteiger partial charge in [0.1, 0.15) is 18.6 Å². The molecule has 1 fully saturated rings. The van der Waals surface area contributed by atoms with Crippen molar-refractivity contribution in [3.05, 3.63) is 67.3 Å². The zero-order chi connectivity index (χ0) is 32.2. The molecule has 2 amide bonds. The average Bonchev–Trinajstić information content (AvgIpc) is 3.37. The predicted octanol–water partition coefficient (Wildman–Crippen LogP) is 2.74. The maximum atomic E-state index is 13.7. The van der Waals surface area contributed by atoms with Crippen molar-refractivity contribution in [1.82, 2.24) is 34.0 Å². The van der Waals surface area contributed by atoms with Crippen LogP contribution in [0.1, 0.15) is 45.5 Å². The van der Waals surface area contributed by atoms with Crippen LogP contribution in [0, 0.1) is 6.92 Å². The fraction of sp³-hybridized carbons (Fsp3) is 0.393. The minimum atomic E-state index is -4.47. The molecule has 0 bridgehead atoms. The number of nitrogens with zero attached hydrogens (tertiary/aromatic N) is 8. The van der Waals surface area contributed by atoms with Crippen LogP contribution in [0.5, 0.6) is 5.75 Å². The lowest BCUT2D eigenvalue weighted by molar-refractivity contribution is -0.138. The molecule has 236 valence electrons. The van der Waals surface area contributed by atoms with Crippen molar-refractivity contribution in [2.45, 2.75) is 45.8 Å². The van der Waals surface area contributed by atoms with Crippen LogP contribution >= 0.6 is 15.9 Å². The van der Waals surface area contributed by atoms with Gasteiger partial charge in [0, 0.05) is 31.9 Å². The smallest absolute Gasteiger partial charge is 0.416 e. The van der Waals surface area contributed by atoms with E-state index in [9.17, 15) is 32.7 Å². The molecule has 1 aromatic carbocycles. The van der Waals surface area contributed by atoms with Crippen molar-refractivity contribution in [2.75, 3.05) is 36.4 Å². The van der Waals surface area contributed by atoms with Gasteiger partial charge in [-0.3, -0.25) is 14.4 Å². The number of aromatic hydroxyl groups is 1. The summed E-state index contributed by atoms with van der Waals surface area (Å²) in [7, 11) is 0. The van der Waals surface area contributed by atoms with Gasteiger partial charge in [0.05, 0.1) is 17.0 Å². The molecule has 4 aromatic rings. The zero-order valence-electron chi connectivity index (χ0n) is 24.2. The van der Waals surface area contributed by atoms with Crippen molar-refractivity contribution in [3.63, 3.8) is 0 Å². The number of nitrogens with one attached hydrogen (secondary N) is 1. The third kappa shape index (κ3) is 5.38. The summed E-state index contributed by atoms with van der Waals surface area (Å²) in [4.78, 5) is 55.7. The maximum absolute atomic E-state index is 13.7. The fourth-order valence-corrected chi connectivity index (χ4v) is 6.18. The van der Waals surface area contributed by atoms with Crippen LogP contribution in [0.25, 0.3) is 5.78 Å². The second kappa shape index (κ2) is 11.4. The summed E-state index contributed by atoms with van der Waals surface area (Å²) < 4.78 is 43.0. The predicted molar refractivity (Wildman–Crippen MR) is 158 cm³/mol. The normalized spacial score (nSPS) is 14.8. The van der Waals surface area contributed by atoms with Gasteiger partial charge in [-0.25, -0.2) is 9.97 Å². The lowest BCUT2D eigenvalue weighted by atomic mass is 9.83. The molecule has 0 spiro atoms. The summed E-state index contributed by atoms with van der Waals surface area (Å²) in [6, 6.07) is 2.25. The lowest BCUT2D eigenvalue weighted by Gasteiger charge is -2.36. The van der Waals surface area contributed by atoms with E-state index in [-0.39, 0.29) is 72.4 Å². The van der Waals surface area contributed by atoms with E-state index in [1.54, 1.807) is 11.5 Å². The first kappa shape index (κ1) is 30.5. The molecule has 1 aliphatic heterocycles. The molecule has 2 aliphatic rings. The summed E-state index contributed by atoms with van der Waals surface area (Å²) in [5.41, 5.74) is 0.797. The van der Waals surface area contributed by atoms with Crippen molar-refractivity contribution in [2.24, 2.45) is 0 Å². The standard InChI is InChI=1S/C28H27BrF3N9O4/c1-3-19-22(38-8-10-39(11-9-38)24(44)21-23(43)14(2)33-13-34-21)25(45)41-27(36-26(29)37-41)40(19)12-20(42)35-18-7-6-17(28(30,31)32)15-4-5-16(15)18/h6-7,13,43H,3-5,8-12H2,1-2H3,(H,35,42). The summed E-state index contributed by atoms with van der Waals surface area (Å²) in [6.45, 7) is 4.09. The Bertz CT molecular complexity index is 1920. The molecule has 2 N–H and O–H groups in total. The Labute approximate surface area is 261 Å². The summed E-state index contributed by atoms with van der Waals surface area (Å²) >= 11 is 3.21. The molecule has 13 nitrogen and oxygen atoms in total. The van der Waals surface area contributed by atoms with E-state index in [0.29, 0.717) is 35.5 Å². The summed E-state index contributed by atoms with van der Waals surface area (Å²) in [5, 5.41) is 17.2. The quantitative estimate of drug-likeness (QED) is 0.312. The van der Waals surface area contributed by atoms with Gasteiger partial charge >= 0.3 is 6.18 Å². The Hall–Kier alpha value is -4.54. The number of piperazine rings is 1. The first-order valence-electron chi connectivity index (χ1n) is 14.1. The van der Waals surface area contributed by atoms with E-state index in [1.165, 1.54) is 17.3 Å². The number of hydrogen-bond acceptors (Lipinski definition) is 9. The fourth-order valence-electron chi connectivity index (χ4n) is 5.86. The second-order valence-corrected chi connectivity index (χ2v) is 11.4. The number of fused-ring (bicyclic) bond motifs is 2. The van der Waals surface area contributed by atoms with E-state index in [4.69, 9.17) is 0 Å². The van der Waals surface area contributed by atoms with E-state index in [0.717, 1.165) is 10.6 Å². The van der Waals surface area contributed by atoms with E-state index in [2.05, 4.69) is 41.3 Å². The largest absolute Gasteiger partial charge is 0.504 e. The molecule has 0 radical (unpaired) electrons. The van der Waals surface area contributed by atoms with Crippen LogP contribution in [-0.4, -0.2) is 77.1 Å². The highest BCUT2D eigenvalue weighted by molar-refractivity contribution is 9.10. The van der Waals surface area contributed by atoms with Crippen LogP contribution in [0.2, 0.25) is 0 Å². The van der Waals surface area contributed by atoms with Gasteiger partial charge < -0.3 is 24.8 Å². The SMILES string of the molecule is CCc1c(N2CCN(C(=O)c3ncnc(C)c3O)CC2)c(=O)n2nc(Br)nc2n1CC(=O)Nc1ccc(C(F)(F)F)c2c1CC2. The number of alkyl halides is 3. The minimum absolute atomic E-state index is 0.101. The third-order valence-corrected chi connectivity index (χ3v) is 8.50. The molecule has 6 rings (SSSR count). The Morgan fingerprint density at radius 1 is 1.09 bits per heavy atom. The number of carbonyl (C=O) groups is 2. The van der Waals surface area contributed by atoms with E-state index < -0.39 is 29.1 Å². The van der Waals surface area contributed by atoms with Gasteiger partial charge in [-0.15, -0.1) is 5.10 Å². The van der Waals surface area contributed by atoms with Gasteiger partial charge in [-0.1, -0.05) is 6.92 Å². The molecular formula is C28H27BrF3N9O4. The number of anilines is 2. The number of hydrogen-bond donors (Lipinski definition) is 2. The molecule has 1 saturated heterocycles. The van der Waals surface area contributed by atoms with Crippen LogP contribution in [-0.2, 0) is 36.8 Å². The Balaban J connectivity index is 1.28. The molecule has 1 aliphatic carbocycles. The highest BCUT2D eigenvalue weighted by atomic mass is 79.9. The van der Waals surface area contributed by atoms with E-state index >= 15 is 0 Å². The average molecular weight is 690 g/mol. The zero-order valence-corrected chi connectivity index (χ0v) is 25.7. The molecule has 45 heavy (non-hydrogen) atoms. The van der Waals surface area contributed by atoms with Gasteiger partial charge in [-0.05, 0) is 65.4 Å². The summed E-state index contributed by atoms with van der Waals surface area (Å²) in [6.07, 6.45) is -2.23. The van der Waals surface area contributed by atoms with Gasteiger partial charge in [-0.2, -0.15) is 22.7 Å². The number of amides is 2. The highest BCUT2D eigenvalue weighted by Gasteiger charge is 2.37. The topological polar surface area (TPSA) is 151 Å². The molecule has 17 heteroatoms. The molecule has 3 aromatic heterocycles. The van der Waals surface area contributed by atoms with Crippen molar-refractivity contribution < 1.29 is 27.9 Å². The third-order valence-electron chi connectivity index (χ3n) is 8.16. The first-order valence-corrected chi connectivity index (χ1v) is 14.9. The van der Waals surface area contributed by atoms with Gasteiger partial charge in [0.25, 0.3) is 11.5 Å². The highest BCUT2D eigenvalue weighted by Crippen LogP contribution is 2.41. The molecule has 0 saturated carbocycles. The van der Waals surface area contributed by atoms with Crippen LogP contribution < -0.4 is 15.8 Å². The van der Waals surface area contributed by atoms with Crippen LogP contribution in [0.15, 0.2) is 28.0 Å². The maximum Gasteiger partial charge on any atom is 0.416 e. The number of carbonyl (C=O) groups excluding carboxylic acids is 2. The van der Waals surface area contributed by atoms with Crippen molar-refractivity contribution in [3.8, 4) is 5.75 Å². The van der Waals surface area contributed by atoms with Crippen molar-refractivity contribution >= 4 is 44.9 Å². The summed E-state index contributed by atoms with van der Waals surface area (Å²) in [5.74, 6) is -1.14. The number of benzene rings is 1. The first-order chi connectivity index (χ1) is 21.4. The lowest BCUT2D eigenvalue weighted by Crippen LogP contribution is -2.51. The number of aryl methyl sites for hydroxylation is 1. The van der Waals surface area contributed by atoms with Gasteiger partial charge in [0.15, 0.2) is 11.4 Å². The number of rotatable bonds is 6. The Morgan fingerprint density at radius 3 is 2.44 bits per heavy atom. The van der Waals surface area contributed by atoms with E-state index in [1.807, 2.05) is 11.8 Å². The number of aromatic nitrogens is 6. The van der Waals surface area contributed by atoms with Crippen LogP contribution in [0.4, 0.5) is 24.5 Å². The second-order valence-electron chi connectivity index (χ2n) is 10.7. The van der Waals surface area contributed by atoms with Crippen molar-refractivity contribution in [1.29, 1.82) is 0 Å². The number of halogens is 4.